The quantitative estimate of drug-likeness (QED) is 0.729. The molecule has 0 aliphatic carbocycles. The average molecular weight is 365 g/mol. The van der Waals surface area contributed by atoms with Crippen LogP contribution in [-0.4, -0.2) is 41.0 Å². The number of para-hydroxylation sites is 1. The number of carbonyl (C=O) groups excluding carboxylic acids is 1. The third-order valence-electron chi connectivity index (χ3n) is 4.32. The Bertz CT molecular complexity index is 1010. The van der Waals surface area contributed by atoms with Crippen LogP contribution in [0.1, 0.15) is 27.3 Å². The number of methoxy groups -OCH3 is 1. The normalized spacial score (nSPS) is 10.9. The maximum absolute atomic E-state index is 13.1. The molecule has 6 nitrogen and oxygen atoms in total. The summed E-state index contributed by atoms with van der Waals surface area (Å²) in [7, 11) is 1.59. The smallest absolute Gasteiger partial charge is 0.258 e. The van der Waals surface area contributed by atoms with Gasteiger partial charge >= 0.3 is 0 Å². The van der Waals surface area contributed by atoms with E-state index in [1.165, 1.54) is 0 Å². The van der Waals surface area contributed by atoms with Crippen molar-refractivity contribution in [1.29, 1.82) is 0 Å². The van der Waals surface area contributed by atoms with Gasteiger partial charge in [-0.3, -0.25) is 9.59 Å². The fourth-order valence-electron chi connectivity index (χ4n) is 3.13. The van der Waals surface area contributed by atoms with Crippen LogP contribution in [0.4, 0.5) is 0 Å². The number of hydrogen-bond donors (Lipinski definition) is 1. The number of hydrogen-bond acceptors (Lipinski definition) is 4. The van der Waals surface area contributed by atoms with Crippen LogP contribution in [0, 0.1) is 13.8 Å². The Morgan fingerprint density at radius 1 is 1.15 bits per heavy atom. The molecule has 140 valence electrons. The number of fused-ring (bicyclic) bond motifs is 1. The second-order valence-corrected chi connectivity index (χ2v) is 6.63. The number of ether oxygens (including phenoxy) is 1. The van der Waals surface area contributed by atoms with E-state index in [2.05, 4.69) is 9.97 Å². The molecule has 1 aromatic heterocycles. The van der Waals surface area contributed by atoms with Crippen molar-refractivity contribution < 1.29 is 9.53 Å². The van der Waals surface area contributed by atoms with E-state index in [0.29, 0.717) is 35.4 Å². The van der Waals surface area contributed by atoms with Gasteiger partial charge in [0, 0.05) is 19.2 Å². The summed E-state index contributed by atoms with van der Waals surface area (Å²) in [4.78, 5) is 34.3. The third kappa shape index (κ3) is 4.41. The number of amides is 1. The largest absolute Gasteiger partial charge is 0.383 e. The molecule has 6 heteroatoms. The Kier molecular flexibility index (Phi) is 5.66. The van der Waals surface area contributed by atoms with E-state index in [9.17, 15) is 9.59 Å². The molecule has 1 heterocycles. The van der Waals surface area contributed by atoms with Crippen molar-refractivity contribution in [1.82, 2.24) is 14.9 Å². The minimum Gasteiger partial charge on any atom is -0.383 e. The summed E-state index contributed by atoms with van der Waals surface area (Å²) in [5, 5.41) is 0.533. The summed E-state index contributed by atoms with van der Waals surface area (Å²) < 4.78 is 5.15. The molecule has 0 saturated heterocycles. The highest BCUT2D eigenvalue weighted by Crippen LogP contribution is 2.14. The number of aromatic nitrogens is 2. The summed E-state index contributed by atoms with van der Waals surface area (Å²) >= 11 is 0. The maximum atomic E-state index is 13.1. The number of carbonyl (C=O) groups is 1. The zero-order valence-electron chi connectivity index (χ0n) is 15.8. The van der Waals surface area contributed by atoms with Gasteiger partial charge in [0.2, 0.25) is 0 Å². The molecule has 3 rings (SSSR count). The molecule has 3 aromatic rings. The van der Waals surface area contributed by atoms with Crippen LogP contribution in [0.25, 0.3) is 10.9 Å². The second-order valence-electron chi connectivity index (χ2n) is 6.63. The zero-order chi connectivity index (χ0) is 19.4. The maximum Gasteiger partial charge on any atom is 0.258 e. The van der Waals surface area contributed by atoms with Crippen molar-refractivity contribution in [2.75, 3.05) is 20.3 Å². The number of nitrogens with one attached hydrogen (secondary N) is 1. The van der Waals surface area contributed by atoms with E-state index >= 15 is 0 Å². The van der Waals surface area contributed by atoms with Crippen LogP contribution < -0.4 is 5.56 Å². The molecule has 0 bridgehead atoms. The number of aromatic amines is 1. The predicted molar refractivity (Wildman–Crippen MR) is 105 cm³/mol. The van der Waals surface area contributed by atoms with Gasteiger partial charge in [0.15, 0.2) is 0 Å². The Morgan fingerprint density at radius 3 is 2.56 bits per heavy atom. The predicted octanol–water partition coefficient (Wildman–Crippen LogP) is 2.83. The van der Waals surface area contributed by atoms with Crippen LogP contribution in [0.5, 0.6) is 0 Å². The van der Waals surface area contributed by atoms with E-state index in [-0.39, 0.29) is 18.0 Å². The molecular formula is C21H23N3O3. The summed E-state index contributed by atoms with van der Waals surface area (Å²) in [6, 6.07) is 12.9. The van der Waals surface area contributed by atoms with Crippen LogP contribution in [0.2, 0.25) is 0 Å². The minimum atomic E-state index is -0.207. The second kappa shape index (κ2) is 8.14. The molecule has 1 N–H and O–H groups in total. The standard InChI is InChI=1S/C21H23N3O3/c1-14-10-15(2)12-16(11-14)21(26)24(8-9-27-3)13-19-22-18-7-5-4-6-17(18)20(25)23-19/h4-7,10-12H,8-9,13H2,1-3H3,(H,22,23,25). The molecule has 0 atom stereocenters. The highest BCUT2D eigenvalue weighted by molar-refractivity contribution is 5.94. The van der Waals surface area contributed by atoms with Gasteiger partial charge in [-0.05, 0) is 38.1 Å². The monoisotopic (exact) mass is 365 g/mol. The van der Waals surface area contributed by atoms with Gasteiger partial charge in [0.05, 0.1) is 24.1 Å². The lowest BCUT2D eigenvalue weighted by Gasteiger charge is -2.22. The number of nitrogens with zero attached hydrogens (tertiary/aromatic N) is 2. The Labute approximate surface area is 157 Å². The molecule has 2 aromatic carbocycles. The van der Waals surface area contributed by atoms with Crippen molar-refractivity contribution >= 4 is 16.8 Å². The summed E-state index contributed by atoms with van der Waals surface area (Å²) in [6.07, 6.45) is 0. The van der Waals surface area contributed by atoms with E-state index in [4.69, 9.17) is 4.74 Å². The molecular weight excluding hydrogens is 342 g/mol. The van der Waals surface area contributed by atoms with Crippen molar-refractivity contribution in [3.05, 3.63) is 75.3 Å². The van der Waals surface area contributed by atoms with E-state index in [1.807, 2.05) is 38.1 Å². The zero-order valence-corrected chi connectivity index (χ0v) is 15.8. The Balaban J connectivity index is 1.93. The number of rotatable bonds is 6. The molecule has 0 spiro atoms. The summed E-state index contributed by atoms with van der Waals surface area (Å²) in [5.41, 5.74) is 3.08. The van der Waals surface area contributed by atoms with Gasteiger partial charge in [-0.1, -0.05) is 29.3 Å². The average Bonchev–Trinajstić information content (AvgIpc) is 2.64. The molecule has 0 unspecified atom stereocenters. The lowest BCUT2D eigenvalue weighted by Crippen LogP contribution is -2.34. The van der Waals surface area contributed by atoms with Gasteiger partial charge in [0.25, 0.3) is 11.5 Å². The lowest BCUT2D eigenvalue weighted by molar-refractivity contribution is 0.0675. The van der Waals surface area contributed by atoms with E-state index in [0.717, 1.165) is 11.1 Å². The Hall–Kier alpha value is -2.99. The number of H-pyrrole nitrogens is 1. The molecule has 0 aliphatic heterocycles. The first-order valence-electron chi connectivity index (χ1n) is 8.82. The van der Waals surface area contributed by atoms with Crippen molar-refractivity contribution in [2.45, 2.75) is 20.4 Å². The van der Waals surface area contributed by atoms with Crippen LogP contribution in [0.3, 0.4) is 0 Å². The molecule has 27 heavy (non-hydrogen) atoms. The number of aryl methyl sites for hydroxylation is 2. The van der Waals surface area contributed by atoms with Crippen molar-refractivity contribution in [3.63, 3.8) is 0 Å². The molecule has 0 saturated carbocycles. The first kappa shape index (κ1) is 18.8. The highest BCUT2D eigenvalue weighted by Gasteiger charge is 2.18. The third-order valence-corrected chi connectivity index (χ3v) is 4.32. The van der Waals surface area contributed by atoms with Crippen molar-refractivity contribution in [3.8, 4) is 0 Å². The molecule has 0 aliphatic rings. The molecule has 0 radical (unpaired) electrons. The minimum absolute atomic E-state index is 0.116. The van der Waals surface area contributed by atoms with Crippen LogP contribution >= 0.6 is 0 Å². The van der Waals surface area contributed by atoms with Gasteiger partial charge in [0.1, 0.15) is 5.82 Å². The highest BCUT2D eigenvalue weighted by atomic mass is 16.5. The lowest BCUT2D eigenvalue weighted by atomic mass is 10.1. The van der Waals surface area contributed by atoms with Gasteiger partial charge in [-0.15, -0.1) is 0 Å². The van der Waals surface area contributed by atoms with E-state index in [1.54, 1.807) is 30.2 Å². The fourth-order valence-corrected chi connectivity index (χ4v) is 3.13. The summed E-state index contributed by atoms with van der Waals surface area (Å²) in [6.45, 7) is 4.93. The van der Waals surface area contributed by atoms with Gasteiger partial charge in [-0.25, -0.2) is 4.98 Å². The molecule has 0 fully saturated rings. The first-order chi connectivity index (χ1) is 13.0. The van der Waals surface area contributed by atoms with Crippen LogP contribution in [-0.2, 0) is 11.3 Å². The summed E-state index contributed by atoms with van der Waals surface area (Å²) in [5.74, 6) is 0.335. The van der Waals surface area contributed by atoms with Gasteiger partial charge < -0.3 is 14.6 Å². The van der Waals surface area contributed by atoms with Gasteiger partial charge in [-0.2, -0.15) is 0 Å². The Morgan fingerprint density at radius 2 is 1.85 bits per heavy atom. The van der Waals surface area contributed by atoms with Crippen molar-refractivity contribution in [2.24, 2.45) is 0 Å². The first-order valence-corrected chi connectivity index (χ1v) is 8.82. The van der Waals surface area contributed by atoms with Crippen LogP contribution in [0.15, 0.2) is 47.3 Å². The fraction of sp³-hybridized carbons (Fsp3) is 0.286. The SMILES string of the molecule is COCCN(Cc1nc2ccccc2c(=O)[nH]1)C(=O)c1cc(C)cc(C)c1. The molecule has 1 amide bonds. The topological polar surface area (TPSA) is 75.3 Å². The number of benzene rings is 2. The van der Waals surface area contributed by atoms with E-state index < -0.39 is 0 Å².